The molecule has 0 saturated carbocycles. The lowest BCUT2D eigenvalue weighted by atomic mass is 10.4. The number of methoxy groups -OCH3 is 2. The van der Waals surface area contributed by atoms with Crippen molar-refractivity contribution in [3.63, 3.8) is 0 Å². The van der Waals surface area contributed by atoms with Crippen LogP contribution in [-0.2, 0) is 19.0 Å². The van der Waals surface area contributed by atoms with E-state index in [-0.39, 0.29) is 18.2 Å². The van der Waals surface area contributed by atoms with Crippen molar-refractivity contribution in [3.8, 4) is 0 Å². The minimum atomic E-state index is -0.324. The van der Waals surface area contributed by atoms with Crippen molar-refractivity contribution in [2.75, 3.05) is 27.4 Å². The Morgan fingerprint density at radius 2 is 1.67 bits per heavy atom. The zero-order chi connectivity index (χ0) is 12.3. The van der Waals surface area contributed by atoms with Gasteiger partial charge in [-0.05, 0) is 13.8 Å². The minimum Gasteiger partial charge on any atom is -0.460 e. The second kappa shape index (κ2) is 11.4. The predicted octanol–water partition coefficient (Wildman–Crippen LogP) is 0.598. The summed E-state index contributed by atoms with van der Waals surface area (Å²) >= 11 is 0. The van der Waals surface area contributed by atoms with E-state index in [0.29, 0.717) is 13.2 Å². The van der Waals surface area contributed by atoms with E-state index in [1.54, 1.807) is 28.1 Å². The number of aliphatic hydroxyl groups excluding tert-OH is 1. The zero-order valence-electron chi connectivity index (χ0n) is 10.1. The summed E-state index contributed by atoms with van der Waals surface area (Å²) in [5.74, 6) is -0.264. The van der Waals surface area contributed by atoms with Crippen LogP contribution in [0.5, 0.6) is 0 Å². The second-order valence-corrected chi connectivity index (χ2v) is 3.18. The Morgan fingerprint density at radius 3 is 1.87 bits per heavy atom. The van der Waals surface area contributed by atoms with E-state index in [0.717, 1.165) is 0 Å². The Kier molecular flexibility index (Phi) is 12.8. The summed E-state index contributed by atoms with van der Waals surface area (Å²) < 4.78 is 14.0. The lowest BCUT2D eigenvalue weighted by molar-refractivity contribution is -0.147. The quantitative estimate of drug-likeness (QED) is 0.690. The van der Waals surface area contributed by atoms with Gasteiger partial charge in [-0.2, -0.15) is 0 Å². The SMILES string of the molecule is COCC(C)O.COCC(C)OC(C)=O. The summed E-state index contributed by atoms with van der Waals surface area (Å²) in [7, 11) is 3.13. The number of hydrogen-bond donors (Lipinski definition) is 1. The highest BCUT2D eigenvalue weighted by molar-refractivity contribution is 5.66. The monoisotopic (exact) mass is 222 g/mol. The van der Waals surface area contributed by atoms with Crippen LogP contribution in [0.2, 0.25) is 0 Å². The maximum atomic E-state index is 10.3. The van der Waals surface area contributed by atoms with E-state index in [9.17, 15) is 4.79 Å². The molecule has 2 atom stereocenters. The molecule has 0 saturated heterocycles. The smallest absolute Gasteiger partial charge is 0.302 e. The zero-order valence-corrected chi connectivity index (χ0v) is 10.1. The fourth-order valence-corrected chi connectivity index (χ4v) is 0.793. The summed E-state index contributed by atoms with van der Waals surface area (Å²) in [6.07, 6.45) is -0.456. The molecule has 0 aromatic rings. The van der Waals surface area contributed by atoms with Crippen LogP contribution in [0, 0.1) is 0 Å². The molecule has 0 aliphatic rings. The topological polar surface area (TPSA) is 65.0 Å². The molecule has 0 aromatic heterocycles. The van der Waals surface area contributed by atoms with Crippen LogP contribution in [0.4, 0.5) is 0 Å². The van der Waals surface area contributed by atoms with E-state index in [1.807, 2.05) is 0 Å². The molecule has 0 fully saturated rings. The highest BCUT2D eigenvalue weighted by Gasteiger charge is 2.02. The van der Waals surface area contributed by atoms with Gasteiger partial charge in [-0.1, -0.05) is 0 Å². The van der Waals surface area contributed by atoms with Gasteiger partial charge in [0.05, 0.1) is 19.3 Å². The molecule has 0 heterocycles. The van der Waals surface area contributed by atoms with Gasteiger partial charge < -0.3 is 19.3 Å². The van der Waals surface area contributed by atoms with Gasteiger partial charge in [0.2, 0.25) is 0 Å². The molecule has 0 amide bonds. The average Bonchev–Trinajstić information content (AvgIpc) is 2.03. The number of hydrogen-bond acceptors (Lipinski definition) is 5. The predicted molar refractivity (Wildman–Crippen MR) is 56.7 cm³/mol. The van der Waals surface area contributed by atoms with Gasteiger partial charge in [0, 0.05) is 21.1 Å². The average molecular weight is 222 g/mol. The highest BCUT2D eigenvalue weighted by Crippen LogP contribution is 1.90. The molecule has 15 heavy (non-hydrogen) atoms. The van der Waals surface area contributed by atoms with Gasteiger partial charge >= 0.3 is 5.97 Å². The first-order chi connectivity index (χ1) is 6.93. The van der Waals surface area contributed by atoms with Gasteiger partial charge in [-0.15, -0.1) is 0 Å². The molecule has 5 heteroatoms. The van der Waals surface area contributed by atoms with E-state index in [1.165, 1.54) is 6.92 Å². The van der Waals surface area contributed by atoms with Crippen LogP contribution < -0.4 is 0 Å². The fraction of sp³-hybridized carbons (Fsp3) is 0.900. The summed E-state index contributed by atoms with van der Waals surface area (Å²) in [5.41, 5.74) is 0. The normalized spacial score (nSPS) is 13.5. The molecule has 5 nitrogen and oxygen atoms in total. The van der Waals surface area contributed by atoms with Crippen molar-refractivity contribution in [2.45, 2.75) is 33.0 Å². The number of esters is 1. The Labute approximate surface area is 91.3 Å². The standard InChI is InChI=1S/C6H12O3.C4H10O2/c1-5(4-8-3)9-6(2)7;1-4(5)3-6-2/h5H,4H2,1-3H3;4-5H,3H2,1-2H3. The summed E-state index contributed by atoms with van der Waals surface area (Å²) in [6, 6.07) is 0. The van der Waals surface area contributed by atoms with E-state index in [2.05, 4.69) is 4.74 Å². The Balaban J connectivity index is 0. The molecule has 0 rings (SSSR count). The first-order valence-corrected chi connectivity index (χ1v) is 4.77. The van der Waals surface area contributed by atoms with Crippen LogP contribution in [-0.4, -0.2) is 50.7 Å². The van der Waals surface area contributed by atoms with E-state index >= 15 is 0 Å². The maximum Gasteiger partial charge on any atom is 0.302 e. The maximum absolute atomic E-state index is 10.3. The molecule has 0 aliphatic heterocycles. The number of carbonyl (C=O) groups excluding carboxylic acids is 1. The number of aliphatic hydroxyl groups is 1. The van der Waals surface area contributed by atoms with Crippen LogP contribution in [0.1, 0.15) is 20.8 Å². The van der Waals surface area contributed by atoms with E-state index < -0.39 is 0 Å². The van der Waals surface area contributed by atoms with Gasteiger partial charge in [-0.25, -0.2) is 0 Å². The number of ether oxygens (including phenoxy) is 3. The third kappa shape index (κ3) is 19.7. The first-order valence-electron chi connectivity index (χ1n) is 4.77. The Hall–Kier alpha value is -0.650. The van der Waals surface area contributed by atoms with Gasteiger partial charge in [0.1, 0.15) is 6.10 Å². The summed E-state index contributed by atoms with van der Waals surface area (Å²) in [6.45, 7) is 5.74. The van der Waals surface area contributed by atoms with E-state index in [4.69, 9.17) is 14.6 Å². The van der Waals surface area contributed by atoms with Crippen molar-refractivity contribution >= 4 is 5.97 Å². The molecule has 1 N–H and O–H groups in total. The van der Waals surface area contributed by atoms with Gasteiger partial charge in [-0.3, -0.25) is 4.79 Å². The molecule has 0 aliphatic carbocycles. The van der Waals surface area contributed by atoms with Crippen molar-refractivity contribution < 1.29 is 24.1 Å². The Morgan fingerprint density at radius 1 is 1.20 bits per heavy atom. The minimum absolute atomic E-state index is 0.132. The summed E-state index contributed by atoms with van der Waals surface area (Å²) in [5, 5.41) is 8.43. The molecule has 0 spiro atoms. The largest absolute Gasteiger partial charge is 0.460 e. The third-order valence-corrected chi connectivity index (χ3v) is 1.18. The van der Waals surface area contributed by atoms with Crippen molar-refractivity contribution in [2.24, 2.45) is 0 Å². The number of carbonyl (C=O) groups is 1. The van der Waals surface area contributed by atoms with Crippen LogP contribution in [0.3, 0.4) is 0 Å². The fourth-order valence-electron chi connectivity index (χ4n) is 0.793. The molecule has 2 unspecified atom stereocenters. The second-order valence-electron chi connectivity index (χ2n) is 3.18. The van der Waals surface area contributed by atoms with Crippen molar-refractivity contribution in [1.29, 1.82) is 0 Å². The molecular formula is C10H22O5. The molecule has 0 aromatic carbocycles. The molecule has 92 valence electrons. The third-order valence-electron chi connectivity index (χ3n) is 1.18. The van der Waals surface area contributed by atoms with Crippen LogP contribution >= 0.6 is 0 Å². The number of rotatable bonds is 5. The van der Waals surface area contributed by atoms with Crippen LogP contribution in [0.15, 0.2) is 0 Å². The first kappa shape index (κ1) is 16.8. The van der Waals surface area contributed by atoms with Crippen molar-refractivity contribution in [1.82, 2.24) is 0 Å². The van der Waals surface area contributed by atoms with Gasteiger partial charge in [0.15, 0.2) is 0 Å². The lowest BCUT2D eigenvalue weighted by Gasteiger charge is -2.08. The summed E-state index contributed by atoms with van der Waals surface area (Å²) in [4.78, 5) is 10.3. The van der Waals surface area contributed by atoms with Crippen molar-refractivity contribution in [3.05, 3.63) is 0 Å². The molecular weight excluding hydrogens is 200 g/mol. The van der Waals surface area contributed by atoms with Gasteiger partial charge in [0.25, 0.3) is 0 Å². The lowest BCUT2D eigenvalue weighted by Crippen LogP contribution is -2.17. The molecule has 0 bridgehead atoms. The van der Waals surface area contributed by atoms with Crippen LogP contribution in [0.25, 0.3) is 0 Å². The molecule has 0 radical (unpaired) electrons. The Bertz CT molecular complexity index is 147. The highest BCUT2D eigenvalue weighted by atomic mass is 16.6.